The van der Waals surface area contributed by atoms with Crippen molar-refractivity contribution in [3.8, 4) is 34.5 Å². The average molecular weight is 302 g/mol. The first-order valence-corrected chi connectivity index (χ1v) is 6.90. The molecule has 0 atom stereocenters. The van der Waals surface area contributed by atoms with E-state index < -0.39 is 6.29 Å². The molecule has 0 bridgehead atoms. The van der Waals surface area contributed by atoms with Crippen molar-refractivity contribution in [2.75, 3.05) is 13.6 Å². The van der Waals surface area contributed by atoms with Gasteiger partial charge in [0, 0.05) is 19.1 Å². The maximum atomic E-state index is 5.73. The third-order valence-electron chi connectivity index (χ3n) is 3.29. The zero-order valence-corrected chi connectivity index (χ0v) is 11.9. The molecule has 114 valence electrons. The van der Waals surface area contributed by atoms with Gasteiger partial charge in [-0.2, -0.15) is 0 Å². The summed E-state index contributed by atoms with van der Waals surface area (Å²) >= 11 is 0. The van der Waals surface area contributed by atoms with Gasteiger partial charge in [0.1, 0.15) is 11.5 Å². The van der Waals surface area contributed by atoms with E-state index in [0.29, 0.717) is 23.0 Å². The summed E-state index contributed by atoms with van der Waals surface area (Å²) in [5.41, 5.74) is 0. The fraction of sp³-hybridized carbons (Fsp3) is 0.250. The first-order chi connectivity index (χ1) is 10.8. The number of rotatable bonds is 4. The lowest BCUT2D eigenvalue weighted by molar-refractivity contribution is 0.0221. The minimum absolute atomic E-state index is 0.238. The Bertz CT molecular complexity index is 640. The lowest BCUT2D eigenvalue weighted by Crippen LogP contribution is -2.19. The molecule has 0 unspecified atom stereocenters. The predicted octanol–water partition coefficient (Wildman–Crippen LogP) is 2.95. The standard InChI is InChI=1S/C16H14O6/c1-10(21-11-2-4-13-15(6-11)19-8-17-13)22-12-3-5-14-16(7-12)20-9-18-14/h2-7,10H,8-9H2,1H3. The highest BCUT2D eigenvalue weighted by Crippen LogP contribution is 2.37. The minimum atomic E-state index is -0.472. The molecule has 0 N–H and O–H groups in total. The molecular formula is C16H14O6. The highest BCUT2D eigenvalue weighted by atomic mass is 16.7. The van der Waals surface area contributed by atoms with Gasteiger partial charge in [-0.1, -0.05) is 0 Å². The third kappa shape index (κ3) is 2.43. The van der Waals surface area contributed by atoms with Gasteiger partial charge in [-0.15, -0.1) is 0 Å². The van der Waals surface area contributed by atoms with Crippen molar-refractivity contribution in [2.45, 2.75) is 13.2 Å². The van der Waals surface area contributed by atoms with Crippen LogP contribution in [0.2, 0.25) is 0 Å². The molecule has 2 aliphatic heterocycles. The van der Waals surface area contributed by atoms with E-state index in [4.69, 9.17) is 28.4 Å². The van der Waals surface area contributed by atoms with E-state index in [2.05, 4.69) is 0 Å². The Labute approximate surface area is 127 Å². The van der Waals surface area contributed by atoms with Crippen molar-refractivity contribution >= 4 is 0 Å². The van der Waals surface area contributed by atoms with E-state index in [9.17, 15) is 0 Å². The normalized spacial score (nSPS) is 14.3. The monoisotopic (exact) mass is 302 g/mol. The van der Waals surface area contributed by atoms with E-state index >= 15 is 0 Å². The Morgan fingerprint density at radius 2 is 1.18 bits per heavy atom. The maximum Gasteiger partial charge on any atom is 0.238 e. The summed E-state index contributed by atoms with van der Waals surface area (Å²) in [7, 11) is 0. The average Bonchev–Trinajstić information content (AvgIpc) is 3.14. The fourth-order valence-corrected chi connectivity index (χ4v) is 2.31. The molecule has 2 aliphatic rings. The number of hydrogen-bond acceptors (Lipinski definition) is 6. The van der Waals surface area contributed by atoms with Gasteiger partial charge < -0.3 is 28.4 Å². The van der Waals surface area contributed by atoms with Crippen LogP contribution >= 0.6 is 0 Å². The van der Waals surface area contributed by atoms with E-state index in [1.165, 1.54) is 0 Å². The van der Waals surface area contributed by atoms with Gasteiger partial charge in [-0.05, 0) is 24.3 Å². The molecule has 2 aromatic carbocycles. The van der Waals surface area contributed by atoms with Crippen molar-refractivity contribution in [2.24, 2.45) is 0 Å². The Kier molecular flexibility index (Phi) is 3.07. The lowest BCUT2D eigenvalue weighted by Gasteiger charge is -2.17. The van der Waals surface area contributed by atoms with Crippen LogP contribution in [0.1, 0.15) is 6.92 Å². The smallest absolute Gasteiger partial charge is 0.238 e. The van der Waals surface area contributed by atoms with Crippen molar-refractivity contribution in [3.05, 3.63) is 36.4 Å². The Morgan fingerprint density at radius 1 is 0.727 bits per heavy atom. The summed E-state index contributed by atoms with van der Waals surface area (Å²) in [5.74, 6) is 4.09. The summed E-state index contributed by atoms with van der Waals surface area (Å²) in [6.45, 7) is 2.29. The van der Waals surface area contributed by atoms with E-state index in [0.717, 1.165) is 11.5 Å². The third-order valence-corrected chi connectivity index (χ3v) is 3.29. The molecule has 0 aromatic heterocycles. The Hall–Kier alpha value is -2.76. The van der Waals surface area contributed by atoms with Gasteiger partial charge in [-0.3, -0.25) is 0 Å². The van der Waals surface area contributed by atoms with Gasteiger partial charge in [0.15, 0.2) is 23.0 Å². The minimum Gasteiger partial charge on any atom is -0.455 e. The summed E-state index contributed by atoms with van der Waals surface area (Å²) in [5, 5.41) is 0. The Morgan fingerprint density at radius 3 is 1.68 bits per heavy atom. The molecule has 0 amide bonds. The SMILES string of the molecule is CC(Oc1ccc2c(c1)OCO2)Oc1ccc2c(c1)OCO2. The summed E-state index contributed by atoms with van der Waals surface area (Å²) in [6, 6.07) is 10.8. The molecule has 6 heteroatoms. The highest BCUT2D eigenvalue weighted by Gasteiger charge is 2.17. The second kappa shape index (κ2) is 5.22. The van der Waals surface area contributed by atoms with Crippen LogP contribution in [-0.4, -0.2) is 19.9 Å². The fourth-order valence-electron chi connectivity index (χ4n) is 2.31. The van der Waals surface area contributed by atoms with E-state index in [1.54, 1.807) is 12.1 Å². The van der Waals surface area contributed by atoms with Gasteiger partial charge >= 0.3 is 0 Å². The zero-order valence-electron chi connectivity index (χ0n) is 11.9. The lowest BCUT2D eigenvalue weighted by atomic mass is 10.3. The van der Waals surface area contributed by atoms with Crippen LogP contribution in [0.25, 0.3) is 0 Å². The summed E-state index contributed by atoms with van der Waals surface area (Å²) < 4.78 is 32.6. The van der Waals surface area contributed by atoms with Crippen molar-refractivity contribution in [1.82, 2.24) is 0 Å². The molecule has 0 fully saturated rings. The van der Waals surface area contributed by atoms with Crippen molar-refractivity contribution in [3.63, 3.8) is 0 Å². The van der Waals surface area contributed by atoms with Crippen LogP contribution in [-0.2, 0) is 0 Å². The van der Waals surface area contributed by atoms with Crippen molar-refractivity contribution in [1.29, 1.82) is 0 Å². The quantitative estimate of drug-likeness (QED) is 0.809. The highest BCUT2D eigenvalue weighted by molar-refractivity contribution is 5.48. The van der Waals surface area contributed by atoms with Gasteiger partial charge in [0.05, 0.1) is 0 Å². The van der Waals surface area contributed by atoms with E-state index in [1.807, 2.05) is 31.2 Å². The molecule has 0 aliphatic carbocycles. The second-order valence-electron chi connectivity index (χ2n) is 4.83. The first-order valence-electron chi connectivity index (χ1n) is 6.90. The van der Waals surface area contributed by atoms with Gasteiger partial charge in [0.25, 0.3) is 0 Å². The van der Waals surface area contributed by atoms with Crippen molar-refractivity contribution < 1.29 is 28.4 Å². The number of hydrogen-bond donors (Lipinski definition) is 0. The largest absolute Gasteiger partial charge is 0.455 e. The van der Waals surface area contributed by atoms with Crippen LogP contribution < -0.4 is 28.4 Å². The second-order valence-corrected chi connectivity index (χ2v) is 4.83. The molecule has 0 radical (unpaired) electrons. The number of fused-ring (bicyclic) bond motifs is 2. The van der Waals surface area contributed by atoms with Crippen LogP contribution in [0.4, 0.5) is 0 Å². The Balaban J connectivity index is 1.43. The number of ether oxygens (including phenoxy) is 6. The topological polar surface area (TPSA) is 55.4 Å². The summed E-state index contributed by atoms with van der Waals surface area (Å²) in [4.78, 5) is 0. The molecular weight excluding hydrogens is 288 g/mol. The number of benzene rings is 2. The molecule has 0 saturated carbocycles. The molecule has 2 heterocycles. The summed E-state index contributed by atoms with van der Waals surface area (Å²) in [6.07, 6.45) is -0.472. The molecule has 2 aromatic rings. The molecule has 0 spiro atoms. The van der Waals surface area contributed by atoms with E-state index in [-0.39, 0.29) is 13.6 Å². The first kappa shape index (κ1) is 12.9. The molecule has 22 heavy (non-hydrogen) atoms. The van der Waals surface area contributed by atoms with Gasteiger partial charge in [0.2, 0.25) is 19.9 Å². The molecule has 4 rings (SSSR count). The molecule has 6 nitrogen and oxygen atoms in total. The van der Waals surface area contributed by atoms with Gasteiger partial charge in [-0.25, -0.2) is 0 Å². The van der Waals surface area contributed by atoms with Crippen LogP contribution in [0.5, 0.6) is 34.5 Å². The zero-order chi connectivity index (χ0) is 14.9. The van der Waals surface area contributed by atoms with Crippen LogP contribution in [0.15, 0.2) is 36.4 Å². The molecule has 0 saturated heterocycles. The van der Waals surface area contributed by atoms with Crippen LogP contribution in [0, 0.1) is 0 Å². The van der Waals surface area contributed by atoms with Crippen LogP contribution in [0.3, 0.4) is 0 Å². The maximum absolute atomic E-state index is 5.73. The predicted molar refractivity (Wildman–Crippen MR) is 75.8 cm³/mol.